The van der Waals surface area contributed by atoms with E-state index >= 15 is 0 Å². The molecule has 0 aliphatic carbocycles. The SMILES string of the molecule is Cc1csc(Nc2cccc(CC3CCN(S(C)(=O)=O)CC3)n2)n1. The Morgan fingerprint density at radius 1 is 1.29 bits per heavy atom. The normalized spacial score (nSPS) is 17.1. The molecule has 1 aliphatic heterocycles. The molecule has 0 saturated carbocycles. The van der Waals surface area contributed by atoms with Crippen LogP contribution in [0.15, 0.2) is 23.6 Å². The summed E-state index contributed by atoms with van der Waals surface area (Å²) >= 11 is 1.56. The fourth-order valence-electron chi connectivity index (χ4n) is 2.92. The van der Waals surface area contributed by atoms with Gasteiger partial charge in [0.05, 0.1) is 11.9 Å². The number of hydrogen-bond donors (Lipinski definition) is 1. The number of aromatic nitrogens is 2. The maximum absolute atomic E-state index is 11.6. The lowest BCUT2D eigenvalue weighted by molar-refractivity contribution is 0.273. The van der Waals surface area contributed by atoms with E-state index in [9.17, 15) is 8.42 Å². The molecular weight excluding hydrogens is 344 g/mol. The van der Waals surface area contributed by atoms with E-state index in [2.05, 4.69) is 15.3 Å². The number of nitrogens with one attached hydrogen (secondary N) is 1. The van der Waals surface area contributed by atoms with Crippen LogP contribution < -0.4 is 5.32 Å². The summed E-state index contributed by atoms with van der Waals surface area (Å²) in [4.78, 5) is 9.05. The van der Waals surface area contributed by atoms with Gasteiger partial charge in [-0.05, 0) is 44.2 Å². The molecule has 2 aromatic rings. The quantitative estimate of drug-likeness (QED) is 0.881. The van der Waals surface area contributed by atoms with Crippen molar-refractivity contribution in [3.8, 4) is 0 Å². The van der Waals surface area contributed by atoms with Gasteiger partial charge in [0.25, 0.3) is 0 Å². The van der Waals surface area contributed by atoms with Crippen LogP contribution in [0, 0.1) is 12.8 Å². The summed E-state index contributed by atoms with van der Waals surface area (Å²) in [5.41, 5.74) is 2.03. The Balaban J connectivity index is 1.59. The van der Waals surface area contributed by atoms with Gasteiger partial charge >= 0.3 is 0 Å². The highest BCUT2D eigenvalue weighted by molar-refractivity contribution is 7.88. The number of anilines is 2. The van der Waals surface area contributed by atoms with Crippen LogP contribution in [0.4, 0.5) is 10.9 Å². The number of aryl methyl sites for hydroxylation is 1. The maximum Gasteiger partial charge on any atom is 0.211 e. The first-order valence-corrected chi connectivity index (χ1v) is 10.7. The van der Waals surface area contributed by atoms with Gasteiger partial charge in [0.2, 0.25) is 10.0 Å². The third-order valence-corrected chi connectivity index (χ3v) is 6.38. The second-order valence-electron chi connectivity index (χ2n) is 6.24. The number of rotatable bonds is 5. The van der Waals surface area contributed by atoms with Gasteiger partial charge in [-0.25, -0.2) is 22.7 Å². The Hall–Kier alpha value is -1.51. The molecule has 0 unspecified atom stereocenters. The van der Waals surface area contributed by atoms with Crippen molar-refractivity contribution in [3.05, 3.63) is 35.0 Å². The van der Waals surface area contributed by atoms with Gasteiger partial charge in [0.1, 0.15) is 5.82 Å². The van der Waals surface area contributed by atoms with Crippen LogP contribution >= 0.6 is 11.3 Å². The molecule has 1 saturated heterocycles. The van der Waals surface area contributed by atoms with Crippen molar-refractivity contribution in [1.29, 1.82) is 0 Å². The average Bonchev–Trinajstić information content (AvgIpc) is 2.92. The molecule has 2 aromatic heterocycles. The molecule has 0 aromatic carbocycles. The van der Waals surface area contributed by atoms with Gasteiger partial charge in [-0.15, -0.1) is 11.3 Å². The zero-order valence-corrected chi connectivity index (χ0v) is 15.5. The van der Waals surface area contributed by atoms with E-state index in [1.54, 1.807) is 15.6 Å². The van der Waals surface area contributed by atoms with E-state index in [1.165, 1.54) is 6.26 Å². The molecule has 0 radical (unpaired) electrons. The molecule has 8 heteroatoms. The first-order valence-electron chi connectivity index (χ1n) is 8.00. The summed E-state index contributed by atoms with van der Waals surface area (Å²) in [6, 6.07) is 5.96. The van der Waals surface area contributed by atoms with Gasteiger partial charge in [-0.1, -0.05) is 6.07 Å². The van der Waals surface area contributed by atoms with E-state index in [4.69, 9.17) is 0 Å². The van der Waals surface area contributed by atoms with E-state index in [0.29, 0.717) is 19.0 Å². The summed E-state index contributed by atoms with van der Waals surface area (Å²) in [6.45, 7) is 3.19. The van der Waals surface area contributed by atoms with E-state index in [-0.39, 0.29) is 0 Å². The largest absolute Gasteiger partial charge is 0.316 e. The van der Waals surface area contributed by atoms with Crippen molar-refractivity contribution in [2.45, 2.75) is 26.2 Å². The fourth-order valence-corrected chi connectivity index (χ4v) is 4.49. The highest BCUT2D eigenvalue weighted by atomic mass is 32.2. The van der Waals surface area contributed by atoms with E-state index in [1.807, 2.05) is 30.5 Å². The molecule has 0 amide bonds. The van der Waals surface area contributed by atoms with E-state index in [0.717, 1.165) is 41.6 Å². The number of hydrogen-bond acceptors (Lipinski definition) is 6. The number of nitrogens with zero attached hydrogens (tertiary/aromatic N) is 3. The fraction of sp³-hybridized carbons (Fsp3) is 0.500. The van der Waals surface area contributed by atoms with Gasteiger partial charge < -0.3 is 5.32 Å². The highest BCUT2D eigenvalue weighted by Gasteiger charge is 2.25. The number of piperidine rings is 1. The predicted octanol–water partition coefficient (Wildman–Crippen LogP) is 2.80. The number of sulfonamides is 1. The van der Waals surface area contributed by atoms with Crippen molar-refractivity contribution in [3.63, 3.8) is 0 Å². The first kappa shape index (κ1) is 17.3. The molecule has 0 atom stereocenters. The minimum Gasteiger partial charge on any atom is -0.316 e. The Morgan fingerprint density at radius 2 is 2.04 bits per heavy atom. The van der Waals surface area contributed by atoms with Crippen LogP contribution in [0.1, 0.15) is 24.2 Å². The lowest BCUT2D eigenvalue weighted by Gasteiger charge is -2.30. The summed E-state index contributed by atoms with van der Waals surface area (Å²) in [5.74, 6) is 1.28. The monoisotopic (exact) mass is 366 g/mol. The Kier molecular flexibility index (Phi) is 5.17. The smallest absolute Gasteiger partial charge is 0.211 e. The first-order chi connectivity index (χ1) is 11.4. The molecule has 3 heterocycles. The molecule has 24 heavy (non-hydrogen) atoms. The molecule has 3 rings (SSSR count). The molecule has 0 bridgehead atoms. The second kappa shape index (κ2) is 7.16. The van der Waals surface area contributed by atoms with Gasteiger partial charge in [-0.3, -0.25) is 0 Å². The van der Waals surface area contributed by atoms with Gasteiger partial charge in [0.15, 0.2) is 5.13 Å². The zero-order valence-electron chi connectivity index (χ0n) is 13.9. The van der Waals surface area contributed by atoms with Crippen LogP contribution in [-0.2, 0) is 16.4 Å². The van der Waals surface area contributed by atoms with Gasteiger partial charge in [-0.2, -0.15) is 0 Å². The third-order valence-electron chi connectivity index (χ3n) is 4.20. The Morgan fingerprint density at radius 3 is 2.67 bits per heavy atom. The Labute approximate surface area is 147 Å². The molecule has 1 fully saturated rings. The van der Waals surface area contributed by atoms with E-state index < -0.39 is 10.0 Å². The van der Waals surface area contributed by atoms with Crippen LogP contribution in [0.2, 0.25) is 0 Å². The molecule has 1 N–H and O–H groups in total. The third kappa shape index (κ3) is 4.52. The highest BCUT2D eigenvalue weighted by Crippen LogP contribution is 2.24. The summed E-state index contributed by atoms with van der Waals surface area (Å²) in [6.07, 6.45) is 3.94. The predicted molar refractivity (Wildman–Crippen MR) is 97.2 cm³/mol. The molecule has 0 spiro atoms. The minimum atomic E-state index is -3.06. The van der Waals surface area contributed by atoms with Crippen LogP contribution in [0.3, 0.4) is 0 Å². The van der Waals surface area contributed by atoms with Crippen molar-refractivity contribution in [2.24, 2.45) is 5.92 Å². The zero-order chi connectivity index (χ0) is 17.2. The standard InChI is InChI=1S/C16H22N4O2S2/c1-12-11-23-16(17-12)19-15-5-3-4-14(18-15)10-13-6-8-20(9-7-13)24(2,21)22/h3-5,11,13H,6-10H2,1-2H3,(H,17,18,19). The summed E-state index contributed by atoms with van der Waals surface area (Å²) in [5, 5.41) is 6.09. The summed E-state index contributed by atoms with van der Waals surface area (Å²) in [7, 11) is -3.06. The topological polar surface area (TPSA) is 75.2 Å². The number of thiazole rings is 1. The van der Waals surface area contributed by atoms with Gasteiger partial charge in [0, 0.05) is 24.2 Å². The van der Waals surface area contributed by atoms with Crippen molar-refractivity contribution in [2.75, 3.05) is 24.7 Å². The lowest BCUT2D eigenvalue weighted by Crippen LogP contribution is -2.38. The Bertz CT molecular complexity index is 796. The van der Waals surface area contributed by atoms with Crippen LogP contribution in [0.5, 0.6) is 0 Å². The van der Waals surface area contributed by atoms with Crippen molar-refractivity contribution in [1.82, 2.24) is 14.3 Å². The molecule has 130 valence electrons. The maximum atomic E-state index is 11.6. The van der Waals surface area contributed by atoms with Crippen LogP contribution in [0.25, 0.3) is 0 Å². The molecule has 1 aliphatic rings. The molecular formula is C16H22N4O2S2. The second-order valence-corrected chi connectivity index (χ2v) is 9.08. The average molecular weight is 367 g/mol. The minimum absolute atomic E-state index is 0.479. The summed E-state index contributed by atoms with van der Waals surface area (Å²) < 4.78 is 24.7. The van der Waals surface area contributed by atoms with Crippen molar-refractivity contribution < 1.29 is 8.42 Å². The number of pyridine rings is 1. The van der Waals surface area contributed by atoms with Crippen molar-refractivity contribution >= 4 is 32.3 Å². The van der Waals surface area contributed by atoms with Crippen LogP contribution in [-0.4, -0.2) is 42.0 Å². The molecule has 6 nitrogen and oxygen atoms in total. The lowest BCUT2D eigenvalue weighted by atomic mass is 9.93.